The Kier molecular flexibility index (Phi) is 6.06. The van der Waals surface area contributed by atoms with E-state index < -0.39 is 18.1 Å². The van der Waals surface area contributed by atoms with Crippen molar-refractivity contribution < 1.29 is 19.4 Å². The van der Waals surface area contributed by atoms with E-state index in [-0.39, 0.29) is 22.8 Å². The first kappa shape index (κ1) is 18.8. The zero-order valence-corrected chi connectivity index (χ0v) is 15.5. The van der Waals surface area contributed by atoms with Crippen LogP contribution >= 0.6 is 27.7 Å². The molecule has 0 amide bonds. The van der Waals surface area contributed by atoms with Crippen molar-refractivity contribution in [2.75, 3.05) is 20.0 Å². The number of halogens is 1. The number of ether oxygens (including phenoxy) is 2. The highest BCUT2D eigenvalue weighted by atomic mass is 79.9. The van der Waals surface area contributed by atoms with Gasteiger partial charge < -0.3 is 19.6 Å². The number of H-pyrrole nitrogens is 1. The van der Waals surface area contributed by atoms with Crippen LogP contribution in [0, 0.1) is 11.3 Å². The Morgan fingerprint density at radius 1 is 1.52 bits per heavy atom. The lowest BCUT2D eigenvalue weighted by atomic mass is 10.1. The van der Waals surface area contributed by atoms with Gasteiger partial charge in [0.25, 0.3) is 5.56 Å². The monoisotopic (exact) mass is 425 g/mol. The van der Waals surface area contributed by atoms with Gasteiger partial charge in [-0.2, -0.15) is 5.26 Å². The van der Waals surface area contributed by atoms with E-state index in [1.165, 1.54) is 24.9 Å². The Morgan fingerprint density at radius 3 is 2.80 bits per heavy atom. The lowest BCUT2D eigenvalue weighted by Gasteiger charge is -2.14. The van der Waals surface area contributed by atoms with Crippen LogP contribution in [-0.2, 0) is 4.79 Å². The standard InChI is InChI=1S/C15H12BrN3O5S/c1-23-10-4-7(3-9(16)13(10)24-6-11(20)21)12-8(5-17)14(22)19-15(18-12)25-2/h3-4H,6H2,1-2H3,(H,20,21)(H,18,19,22). The molecule has 2 rings (SSSR count). The molecule has 8 nitrogen and oxygen atoms in total. The molecule has 0 saturated carbocycles. The highest BCUT2D eigenvalue weighted by Crippen LogP contribution is 2.39. The van der Waals surface area contributed by atoms with Gasteiger partial charge in [-0.1, -0.05) is 11.8 Å². The molecule has 1 aromatic carbocycles. The van der Waals surface area contributed by atoms with Crippen LogP contribution in [0.5, 0.6) is 11.5 Å². The van der Waals surface area contributed by atoms with E-state index in [0.29, 0.717) is 15.2 Å². The van der Waals surface area contributed by atoms with E-state index in [9.17, 15) is 14.9 Å². The third kappa shape index (κ3) is 4.12. The predicted octanol–water partition coefficient (Wildman–Crippen LogP) is 2.26. The molecule has 2 aromatic rings. The Bertz CT molecular complexity index is 923. The van der Waals surface area contributed by atoms with Crippen molar-refractivity contribution in [1.82, 2.24) is 9.97 Å². The van der Waals surface area contributed by atoms with Crippen molar-refractivity contribution in [1.29, 1.82) is 5.26 Å². The minimum Gasteiger partial charge on any atom is -0.493 e. The topological polar surface area (TPSA) is 125 Å². The maximum atomic E-state index is 12.0. The van der Waals surface area contributed by atoms with Gasteiger partial charge in [-0.05, 0) is 34.3 Å². The number of nitrogens with one attached hydrogen (secondary N) is 1. The summed E-state index contributed by atoms with van der Waals surface area (Å²) in [6.07, 6.45) is 1.74. The second-order valence-electron chi connectivity index (χ2n) is 4.58. The van der Waals surface area contributed by atoms with Crippen LogP contribution in [0.15, 0.2) is 26.6 Å². The van der Waals surface area contributed by atoms with Crippen LogP contribution in [-0.4, -0.2) is 41.0 Å². The van der Waals surface area contributed by atoms with Gasteiger partial charge in [0.1, 0.15) is 11.6 Å². The maximum absolute atomic E-state index is 12.0. The number of carboxylic acids is 1. The molecular weight excluding hydrogens is 414 g/mol. The fraction of sp³-hybridized carbons (Fsp3) is 0.200. The predicted molar refractivity (Wildman–Crippen MR) is 94.2 cm³/mol. The van der Waals surface area contributed by atoms with Crippen molar-refractivity contribution in [3.8, 4) is 28.8 Å². The second-order valence-corrected chi connectivity index (χ2v) is 6.23. The summed E-state index contributed by atoms with van der Waals surface area (Å²) in [5, 5.41) is 18.4. The summed E-state index contributed by atoms with van der Waals surface area (Å²) < 4.78 is 10.8. The van der Waals surface area contributed by atoms with Crippen LogP contribution in [0.2, 0.25) is 0 Å². The third-order valence-electron chi connectivity index (χ3n) is 3.05. The van der Waals surface area contributed by atoms with Crippen molar-refractivity contribution in [3.05, 3.63) is 32.5 Å². The molecule has 1 heterocycles. The Morgan fingerprint density at radius 2 is 2.24 bits per heavy atom. The molecule has 0 aliphatic carbocycles. The molecule has 0 radical (unpaired) electrons. The molecule has 1 aromatic heterocycles. The Labute approximate surface area is 154 Å². The van der Waals surface area contributed by atoms with Gasteiger partial charge in [0.15, 0.2) is 23.3 Å². The second kappa shape index (κ2) is 8.04. The number of carbonyl (C=O) groups is 1. The van der Waals surface area contributed by atoms with Crippen LogP contribution in [0.4, 0.5) is 0 Å². The van der Waals surface area contributed by atoms with Crippen molar-refractivity contribution in [2.45, 2.75) is 5.16 Å². The van der Waals surface area contributed by atoms with E-state index in [0.717, 1.165) is 0 Å². The highest BCUT2D eigenvalue weighted by molar-refractivity contribution is 9.10. The zero-order chi connectivity index (χ0) is 18.6. The molecule has 0 unspecified atom stereocenters. The number of rotatable bonds is 6. The number of aromatic nitrogens is 2. The first-order chi connectivity index (χ1) is 11.9. The number of nitriles is 1. The molecule has 130 valence electrons. The lowest BCUT2D eigenvalue weighted by Crippen LogP contribution is -2.14. The van der Waals surface area contributed by atoms with E-state index in [2.05, 4.69) is 25.9 Å². The average Bonchev–Trinajstić information content (AvgIpc) is 2.58. The number of aromatic amines is 1. The molecule has 0 atom stereocenters. The van der Waals surface area contributed by atoms with Gasteiger partial charge >= 0.3 is 5.97 Å². The highest BCUT2D eigenvalue weighted by Gasteiger charge is 2.18. The number of hydrogen-bond donors (Lipinski definition) is 2. The molecule has 10 heteroatoms. The fourth-order valence-electron chi connectivity index (χ4n) is 1.99. The number of hydrogen-bond acceptors (Lipinski definition) is 7. The van der Waals surface area contributed by atoms with Gasteiger partial charge in [0.05, 0.1) is 17.3 Å². The van der Waals surface area contributed by atoms with E-state index in [4.69, 9.17) is 14.6 Å². The summed E-state index contributed by atoms with van der Waals surface area (Å²) in [5.74, 6) is -0.699. The normalized spacial score (nSPS) is 10.2. The summed E-state index contributed by atoms with van der Waals surface area (Å²) in [7, 11) is 1.39. The molecular formula is C15H12BrN3O5S. The van der Waals surface area contributed by atoms with Crippen LogP contribution < -0.4 is 15.0 Å². The summed E-state index contributed by atoms with van der Waals surface area (Å²) in [4.78, 5) is 29.5. The average molecular weight is 426 g/mol. The Hall–Kier alpha value is -2.51. The largest absolute Gasteiger partial charge is 0.493 e. The van der Waals surface area contributed by atoms with Crippen molar-refractivity contribution in [3.63, 3.8) is 0 Å². The van der Waals surface area contributed by atoms with Crippen molar-refractivity contribution in [2.24, 2.45) is 0 Å². The molecule has 0 aliphatic heterocycles. The summed E-state index contributed by atoms with van der Waals surface area (Å²) in [6.45, 7) is -0.544. The van der Waals surface area contributed by atoms with Gasteiger partial charge in [0, 0.05) is 5.56 Å². The maximum Gasteiger partial charge on any atom is 0.341 e. The van der Waals surface area contributed by atoms with Gasteiger partial charge in [0.2, 0.25) is 0 Å². The first-order valence-electron chi connectivity index (χ1n) is 6.72. The molecule has 2 N–H and O–H groups in total. The summed E-state index contributed by atoms with van der Waals surface area (Å²) in [5.41, 5.74) is -0.0344. The first-order valence-corrected chi connectivity index (χ1v) is 8.74. The smallest absolute Gasteiger partial charge is 0.341 e. The van der Waals surface area contributed by atoms with E-state index >= 15 is 0 Å². The van der Waals surface area contributed by atoms with Gasteiger partial charge in [-0.25, -0.2) is 9.78 Å². The molecule has 0 fully saturated rings. The van der Waals surface area contributed by atoms with Gasteiger partial charge in [-0.15, -0.1) is 0 Å². The number of nitrogens with zero attached hydrogens (tertiary/aromatic N) is 2. The number of thioether (sulfide) groups is 1. The summed E-state index contributed by atoms with van der Waals surface area (Å²) >= 11 is 4.52. The van der Waals surface area contributed by atoms with Crippen LogP contribution in [0.3, 0.4) is 0 Å². The number of benzene rings is 1. The van der Waals surface area contributed by atoms with Gasteiger partial charge in [-0.3, -0.25) is 4.79 Å². The van der Waals surface area contributed by atoms with E-state index in [1.54, 1.807) is 12.3 Å². The minimum atomic E-state index is -1.13. The van der Waals surface area contributed by atoms with Crippen LogP contribution in [0.25, 0.3) is 11.3 Å². The molecule has 0 spiro atoms. The zero-order valence-electron chi connectivity index (χ0n) is 13.1. The SMILES string of the molecule is COc1cc(-c2nc(SC)[nH]c(=O)c2C#N)cc(Br)c1OCC(=O)O. The summed E-state index contributed by atoms with van der Waals surface area (Å²) in [6, 6.07) is 4.94. The lowest BCUT2D eigenvalue weighted by molar-refractivity contribution is -0.139. The minimum absolute atomic E-state index is 0.133. The van der Waals surface area contributed by atoms with Crippen molar-refractivity contribution >= 4 is 33.7 Å². The Balaban J connectivity index is 2.64. The molecule has 0 bridgehead atoms. The molecule has 0 saturated heterocycles. The molecule has 0 aliphatic rings. The van der Waals surface area contributed by atoms with Crippen LogP contribution in [0.1, 0.15) is 5.56 Å². The number of carboxylic acid groups (broad SMARTS) is 1. The fourth-order valence-corrected chi connectivity index (χ4v) is 2.93. The third-order valence-corrected chi connectivity index (χ3v) is 4.21. The molecule has 25 heavy (non-hydrogen) atoms. The van der Waals surface area contributed by atoms with E-state index in [1.807, 2.05) is 6.07 Å². The number of methoxy groups -OCH3 is 1. The quantitative estimate of drug-likeness (QED) is 0.532. The number of aliphatic carboxylic acids is 1.